The molecular weight excluding hydrogens is 492 g/mol. The number of aliphatic hydroxyl groups excluding tert-OH is 1. The number of benzene rings is 2. The van der Waals surface area contributed by atoms with Crippen molar-refractivity contribution in [1.29, 1.82) is 0 Å². The van der Waals surface area contributed by atoms with Gasteiger partial charge in [0.05, 0.1) is 37.9 Å². The van der Waals surface area contributed by atoms with Crippen LogP contribution in [0.4, 0.5) is 8.78 Å². The van der Waals surface area contributed by atoms with E-state index in [1.807, 2.05) is 23.1 Å². The molecule has 0 radical (unpaired) electrons. The molecule has 1 amide bonds. The summed E-state index contributed by atoms with van der Waals surface area (Å²) in [4.78, 5) is 17.2. The van der Waals surface area contributed by atoms with Gasteiger partial charge < -0.3 is 19.9 Å². The van der Waals surface area contributed by atoms with Crippen LogP contribution in [0.1, 0.15) is 36.8 Å². The van der Waals surface area contributed by atoms with E-state index in [0.29, 0.717) is 12.8 Å². The van der Waals surface area contributed by atoms with E-state index in [1.165, 1.54) is 11.6 Å². The molecule has 9 heteroatoms. The maximum Gasteiger partial charge on any atom is 0.222 e. The van der Waals surface area contributed by atoms with Crippen LogP contribution >= 0.6 is 0 Å². The van der Waals surface area contributed by atoms with Gasteiger partial charge in [0.25, 0.3) is 0 Å². The lowest BCUT2D eigenvalue weighted by atomic mass is 9.94. The molecule has 3 heterocycles. The first-order valence-electron chi connectivity index (χ1n) is 13.6. The Morgan fingerprint density at radius 3 is 2.71 bits per heavy atom. The first-order valence-corrected chi connectivity index (χ1v) is 13.6. The van der Waals surface area contributed by atoms with Crippen molar-refractivity contribution in [3.8, 4) is 0 Å². The van der Waals surface area contributed by atoms with E-state index in [1.54, 1.807) is 0 Å². The van der Waals surface area contributed by atoms with Crippen molar-refractivity contribution in [3.05, 3.63) is 71.3 Å². The number of hydrogen-bond donors (Lipinski definition) is 2. The molecule has 206 valence electrons. The van der Waals surface area contributed by atoms with Gasteiger partial charge in [-0.25, -0.2) is 8.78 Å². The second-order valence-corrected chi connectivity index (χ2v) is 10.8. The van der Waals surface area contributed by atoms with E-state index in [9.17, 15) is 18.7 Å². The summed E-state index contributed by atoms with van der Waals surface area (Å²) in [6.07, 6.45) is 1.29. The maximum atomic E-state index is 14.4. The zero-order valence-electron chi connectivity index (χ0n) is 21.6. The summed E-state index contributed by atoms with van der Waals surface area (Å²) in [6, 6.07) is 13.8. The highest BCUT2D eigenvalue weighted by molar-refractivity contribution is 5.76. The molecule has 3 aliphatic heterocycles. The minimum absolute atomic E-state index is 0.0131. The van der Waals surface area contributed by atoms with Crippen LogP contribution < -0.4 is 5.32 Å². The third kappa shape index (κ3) is 7.15. The fraction of sp³-hybridized carbons (Fsp3) is 0.552. The molecule has 2 aromatic rings. The van der Waals surface area contributed by atoms with Crippen molar-refractivity contribution in [1.82, 2.24) is 15.1 Å². The lowest BCUT2D eigenvalue weighted by molar-refractivity contribution is -0.158. The van der Waals surface area contributed by atoms with Crippen molar-refractivity contribution < 1.29 is 28.2 Å². The van der Waals surface area contributed by atoms with Gasteiger partial charge in [-0.05, 0) is 43.0 Å². The molecule has 7 nitrogen and oxygen atoms in total. The van der Waals surface area contributed by atoms with Gasteiger partial charge in [0.15, 0.2) is 0 Å². The van der Waals surface area contributed by atoms with Crippen molar-refractivity contribution in [2.24, 2.45) is 0 Å². The minimum Gasteiger partial charge on any atom is -0.389 e. The number of aliphatic hydroxyl groups is 1. The Hall–Kier alpha value is -2.43. The summed E-state index contributed by atoms with van der Waals surface area (Å²) in [5, 5.41) is 13.5. The van der Waals surface area contributed by atoms with E-state index in [0.717, 1.165) is 38.2 Å². The first kappa shape index (κ1) is 27.1. The highest BCUT2D eigenvalue weighted by Crippen LogP contribution is 2.29. The number of halogens is 2. The third-order valence-electron chi connectivity index (χ3n) is 7.77. The average molecular weight is 530 g/mol. The van der Waals surface area contributed by atoms with Gasteiger partial charge in [-0.1, -0.05) is 30.3 Å². The minimum atomic E-state index is -0.732. The number of nitrogens with one attached hydrogen (secondary N) is 1. The molecule has 2 aromatic carbocycles. The molecule has 0 saturated carbocycles. The summed E-state index contributed by atoms with van der Waals surface area (Å²) in [5.41, 5.74) is 1.52. The maximum absolute atomic E-state index is 14.4. The van der Waals surface area contributed by atoms with Crippen molar-refractivity contribution in [2.45, 2.75) is 69.2 Å². The van der Waals surface area contributed by atoms with E-state index >= 15 is 0 Å². The summed E-state index contributed by atoms with van der Waals surface area (Å²) in [6.45, 7) is 3.52. The summed E-state index contributed by atoms with van der Waals surface area (Å²) in [7, 11) is 0. The Labute approximate surface area is 222 Å². The Morgan fingerprint density at radius 1 is 1.03 bits per heavy atom. The summed E-state index contributed by atoms with van der Waals surface area (Å²) >= 11 is 0. The molecular formula is C29H37F2N3O4. The van der Waals surface area contributed by atoms with Crippen molar-refractivity contribution in [3.63, 3.8) is 0 Å². The van der Waals surface area contributed by atoms with Crippen LogP contribution in [-0.2, 0) is 27.4 Å². The second kappa shape index (κ2) is 12.6. The zero-order chi connectivity index (χ0) is 26.5. The molecule has 3 fully saturated rings. The molecule has 5 atom stereocenters. The zero-order valence-corrected chi connectivity index (χ0v) is 21.6. The van der Waals surface area contributed by atoms with E-state index in [-0.39, 0.29) is 68.5 Å². The largest absolute Gasteiger partial charge is 0.389 e. The quantitative estimate of drug-likeness (QED) is 0.575. The van der Waals surface area contributed by atoms with Crippen LogP contribution in [0.5, 0.6) is 0 Å². The molecule has 0 aliphatic carbocycles. The van der Waals surface area contributed by atoms with Crippen molar-refractivity contribution in [2.75, 3.05) is 32.8 Å². The van der Waals surface area contributed by atoms with Gasteiger partial charge in [-0.3, -0.25) is 14.6 Å². The van der Waals surface area contributed by atoms with E-state index in [2.05, 4.69) is 22.3 Å². The number of likely N-dealkylation sites (tertiary alicyclic amines) is 1. The third-order valence-corrected chi connectivity index (χ3v) is 7.77. The molecule has 2 N–H and O–H groups in total. The fourth-order valence-corrected chi connectivity index (χ4v) is 5.94. The first-order chi connectivity index (χ1) is 18.4. The van der Waals surface area contributed by atoms with Gasteiger partial charge in [0.1, 0.15) is 11.6 Å². The molecule has 0 unspecified atom stereocenters. The van der Waals surface area contributed by atoms with Crippen LogP contribution in [0, 0.1) is 11.6 Å². The normalized spacial score (nSPS) is 28.9. The Bertz CT molecular complexity index is 1080. The number of ether oxygens (including phenoxy) is 2. The van der Waals surface area contributed by atoms with E-state index < -0.39 is 17.7 Å². The molecule has 5 rings (SSSR count). The number of carbonyl (C=O) groups is 1. The summed E-state index contributed by atoms with van der Waals surface area (Å²) in [5.74, 6) is -0.984. The highest BCUT2D eigenvalue weighted by atomic mass is 19.1. The monoisotopic (exact) mass is 529 g/mol. The molecule has 0 spiro atoms. The topological polar surface area (TPSA) is 74.3 Å². The number of carbonyl (C=O) groups excluding carboxylic acids is 1. The summed E-state index contributed by atoms with van der Waals surface area (Å²) < 4.78 is 40.2. The number of amides is 1. The van der Waals surface area contributed by atoms with Gasteiger partial charge in [-0.2, -0.15) is 0 Å². The predicted molar refractivity (Wildman–Crippen MR) is 138 cm³/mol. The van der Waals surface area contributed by atoms with Crippen LogP contribution in [0.15, 0.2) is 48.5 Å². The number of fused-ring (bicyclic) bond motifs is 1. The molecule has 0 bridgehead atoms. The smallest absolute Gasteiger partial charge is 0.222 e. The Balaban J connectivity index is 1.14. The van der Waals surface area contributed by atoms with Crippen LogP contribution in [0.2, 0.25) is 0 Å². The number of rotatable bonds is 7. The second-order valence-electron chi connectivity index (χ2n) is 10.8. The van der Waals surface area contributed by atoms with Crippen molar-refractivity contribution >= 4 is 5.91 Å². The molecule has 3 aliphatic rings. The molecule has 38 heavy (non-hydrogen) atoms. The van der Waals surface area contributed by atoms with E-state index in [4.69, 9.17) is 9.47 Å². The Morgan fingerprint density at radius 2 is 1.87 bits per heavy atom. The van der Waals surface area contributed by atoms with Gasteiger partial charge >= 0.3 is 0 Å². The van der Waals surface area contributed by atoms with Crippen LogP contribution in [0.25, 0.3) is 0 Å². The van der Waals surface area contributed by atoms with Crippen LogP contribution in [-0.4, -0.2) is 84.1 Å². The van der Waals surface area contributed by atoms with Gasteiger partial charge in [-0.15, -0.1) is 0 Å². The highest BCUT2D eigenvalue weighted by Gasteiger charge is 2.38. The standard InChI is InChI=1S/C29H37F2N3O4/c30-22-6-8-26(31)21(12-22)15-34-17-24(35)18-37-19-28-27(34)9-7-25(38-28)13-29(36)32-23-10-11-33(16-23)14-20-4-2-1-3-5-20/h1-6,8,12,23-25,27-28,35H,7,9-11,13-19H2,(H,32,36)/t23-,24+,25+,27+,28-/m0/s1. The SMILES string of the molecule is O=C(C[C@H]1CC[C@@H]2[C@H](COC[C@H](O)CN2Cc2cc(F)ccc2F)O1)N[C@H]1CCN(Cc2ccccc2)C1. The molecule has 0 aromatic heterocycles. The lowest BCUT2D eigenvalue weighted by Gasteiger charge is -2.44. The van der Waals surface area contributed by atoms with Gasteiger partial charge in [0.2, 0.25) is 5.91 Å². The van der Waals surface area contributed by atoms with Crippen LogP contribution in [0.3, 0.4) is 0 Å². The fourth-order valence-electron chi connectivity index (χ4n) is 5.94. The average Bonchev–Trinajstić information content (AvgIpc) is 3.32. The van der Waals surface area contributed by atoms with Gasteiger partial charge in [0, 0.05) is 50.4 Å². The lowest BCUT2D eigenvalue weighted by Crippen LogP contribution is -2.55. The number of nitrogens with zero attached hydrogens (tertiary/aromatic N) is 2. The molecule has 3 saturated heterocycles. The predicted octanol–water partition coefficient (Wildman–Crippen LogP) is 2.85. The number of β-amino-alcohol motifs (C(OH)–C–C–N with tert-alkyl or cyclic N) is 1. The Kier molecular flexibility index (Phi) is 9.01. The number of hydrogen-bond acceptors (Lipinski definition) is 6.